The average molecular weight is 310 g/mol. The van der Waals surface area contributed by atoms with Gasteiger partial charge in [0.05, 0.1) is 0 Å². The Labute approximate surface area is 122 Å². The van der Waals surface area contributed by atoms with Gasteiger partial charge in [-0.25, -0.2) is 4.72 Å². The molecule has 0 aliphatic carbocycles. The van der Waals surface area contributed by atoms with Crippen molar-refractivity contribution in [1.29, 1.82) is 0 Å². The van der Waals surface area contributed by atoms with E-state index in [1.807, 2.05) is 20.1 Å². The first-order valence-electron chi connectivity index (χ1n) is 7.01. The van der Waals surface area contributed by atoms with Gasteiger partial charge in [0.25, 0.3) is 10.2 Å². The van der Waals surface area contributed by atoms with Gasteiger partial charge >= 0.3 is 0 Å². The van der Waals surface area contributed by atoms with E-state index >= 15 is 0 Å². The average Bonchev–Trinajstić information content (AvgIpc) is 2.42. The predicted octanol–water partition coefficient (Wildman–Crippen LogP) is 1.04. The van der Waals surface area contributed by atoms with Gasteiger partial charge in [-0.2, -0.15) is 24.5 Å². The van der Waals surface area contributed by atoms with Crippen LogP contribution in [0.15, 0.2) is 0 Å². The van der Waals surface area contributed by atoms with Crippen LogP contribution in [0.1, 0.15) is 33.1 Å². The van der Waals surface area contributed by atoms with Gasteiger partial charge in [0.15, 0.2) is 0 Å². The van der Waals surface area contributed by atoms with Crippen molar-refractivity contribution in [3.05, 3.63) is 0 Å². The maximum Gasteiger partial charge on any atom is 0.279 e. The fourth-order valence-electron chi connectivity index (χ4n) is 2.19. The molecule has 1 fully saturated rings. The second-order valence-electron chi connectivity index (χ2n) is 4.97. The third-order valence-corrected chi connectivity index (χ3v) is 6.07. The number of thioether (sulfide) groups is 1. The Bertz CT molecular complexity index is 349. The molecule has 0 aromatic rings. The summed E-state index contributed by atoms with van der Waals surface area (Å²) in [6.45, 7) is 6.82. The van der Waals surface area contributed by atoms with E-state index in [1.54, 1.807) is 16.1 Å². The lowest BCUT2D eigenvalue weighted by Gasteiger charge is -2.35. The molecular weight excluding hydrogens is 282 g/mol. The van der Waals surface area contributed by atoms with Gasteiger partial charge in [0.2, 0.25) is 0 Å². The van der Waals surface area contributed by atoms with Crippen molar-refractivity contribution in [1.82, 2.24) is 14.3 Å². The van der Waals surface area contributed by atoms with Crippen LogP contribution in [0.2, 0.25) is 0 Å². The number of rotatable bonds is 8. The summed E-state index contributed by atoms with van der Waals surface area (Å²) in [6.07, 6.45) is 5.02. The third-order valence-electron chi connectivity index (χ3n) is 3.47. The first kappa shape index (κ1) is 17.2. The summed E-state index contributed by atoms with van der Waals surface area (Å²) in [5, 5.41) is 3.56. The van der Waals surface area contributed by atoms with E-state index < -0.39 is 10.2 Å². The minimum Gasteiger partial charge on any atom is -0.315 e. The highest BCUT2D eigenvalue weighted by molar-refractivity contribution is 7.99. The summed E-state index contributed by atoms with van der Waals surface area (Å²) in [5.41, 5.74) is 0. The smallest absolute Gasteiger partial charge is 0.279 e. The molecule has 2 atom stereocenters. The SMILES string of the molecule is CCNCC1CCCCN1S(=O)(=O)NCC(C)SC. The normalized spacial score (nSPS) is 23.4. The number of nitrogens with one attached hydrogen (secondary N) is 2. The second kappa shape index (κ2) is 8.46. The molecule has 1 saturated heterocycles. The zero-order chi connectivity index (χ0) is 14.3. The monoisotopic (exact) mass is 309 g/mol. The molecule has 1 heterocycles. The van der Waals surface area contributed by atoms with Crippen molar-refractivity contribution in [2.45, 2.75) is 44.4 Å². The lowest BCUT2D eigenvalue weighted by molar-refractivity contribution is 0.244. The molecule has 2 N–H and O–H groups in total. The van der Waals surface area contributed by atoms with Crippen molar-refractivity contribution >= 4 is 22.0 Å². The Hall–Kier alpha value is 0.180. The lowest BCUT2D eigenvalue weighted by Crippen LogP contribution is -2.53. The van der Waals surface area contributed by atoms with E-state index in [4.69, 9.17) is 0 Å². The summed E-state index contributed by atoms with van der Waals surface area (Å²) in [4.78, 5) is 0. The summed E-state index contributed by atoms with van der Waals surface area (Å²) in [5.74, 6) is 0. The predicted molar refractivity (Wildman–Crippen MR) is 82.8 cm³/mol. The molecule has 0 aromatic carbocycles. The Morgan fingerprint density at radius 2 is 2.16 bits per heavy atom. The molecule has 0 spiro atoms. The molecule has 0 saturated carbocycles. The molecule has 2 unspecified atom stereocenters. The van der Waals surface area contributed by atoms with Crippen LogP contribution in [0.25, 0.3) is 0 Å². The molecule has 5 nitrogen and oxygen atoms in total. The Balaban J connectivity index is 2.61. The maximum atomic E-state index is 12.4. The van der Waals surface area contributed by atoms with Crippen molar-refractivity contribution in [3.8, 4) is 0 Å². The van der Waals surface area contributed by atoms with Crippen molar-refractivity contribution in [2.24, 2.45) is 0 Å². The van der Waals surface area contributed by atoms with E-state index in [9.17, 15) is 8.42 Å². The Morgan fingerprint density at radius 1 is 1.42 bits per heavy atom. The van der Waals surface area contributed by atoms with Gasteiger partial charge in [-0.05, 0) is 25.6 Å². The van der Waals surface area contributed by atoms with E-state index in [2.05, 4.69) is 10.0 Å². The first-order valence-corrected chi connectivity index (χ1v) is 9.74. The second-order valence-corrected chi connectivity index (χ2v) is 7.95. The van der Waals surface area contributed by atoms with Crippen LogP contribution in [0.3, 0.4) is 0 Å². The molecule has 1 rings (SSSR count). The van der Waals surface area contributed by atoms with Gasteiger partial charge in [-0.3, -0.25) is 0 Å². The quantitative estimate of drug-likeness (QED) is 0.703. The van der Waals surface area contributed by atoms with E-state index in [1.165, 1.54) is 0 Å². The van der Waals surface area contributed by atoms with E-state index in [0.717, 1.165) is 32.4 Å². The molecular formula is C12H27N3O2S2. The number of hydrogen-bond donors (Lipinski definition) is 2. The number of likely N-dealkylation sites (N-methyl/N-ethyl adjacent to an activating group) is 1. The van der Waals surface area contributed by atoms with Crippen LogP contribution in [0.4, 0.5) is 0 Å². The lowest BCUT2D eigenvalue weighted by atomic mass is 10.1. The van der Waals surface area contributed by atoms with E-state index in [-0.39, 0.29) is 6.04 Å². The zero-order valence-electron chi connectivity index (χ0n) is 12.2. The highest BCUT2D eigenvalue weighted by atomic mass is 32.2. The number of piperidine rings is 1. The largest absolute Gasteiger partial charge is 0.315 e. The summed E-state index contributed by atoms with van der Waals surface area (Å²) < 4.78 is 29.1. The molecule has 0 amide bonds. The highest BCUT2D eigenvalue weighted by Gasteiger charge is 2.31. The van der Waals surface area contributed by atoms with E-state index in [0.29, 0.717) is 18.3 Å². The van der Waals surface area contributed by atoms with Gasteiger partial charge in [-0.15, -0.1) is 0 Å². The molecule has 7 heteroatoms. The molecule has 1 aliphatic rings. The molecule has 0 bridgehead atoms. The van der Waals surface area contributed by atoms with Gasteiger partial charge in [0, 0.05) is 30.9 Å². The minimum atomic E-state index is -3.34. The molecule has 1 aliphatic heterocycles. The third kappa shape index (κ3) is 5.59. The fraction of sp³-hybridized carbons (Fsp3) is 1.00. The molecule has 19 heavy (non-hydrogen) atoms. The summed E-state index contributed by atoms with van der Waals surface area (Å²) in [6, 6.07) is 0.0933. The number of hydrogen-bond acceptors (Lipinski definition) is 4. The zero-order valence-corrected chi connectivity index (χ0v) is 13.8. The summed E-state index contributed by atoms with van der Waals surface area (Å²) >= 11 is 1.67. The fourth-order valence-corrected chi connectivity index (χ4v) is 4.12. The van der Waals surface area contributed by atoms with Crippen LogP contribution in [0, 0.1) is 0 Å². The van der Waals surface area contributed by atoms with Crippen LogP contribution in [-0.4, -0.2) is 56.4 Å². The van der Waals surface area contributed by atoms with Crippen LogP contribution < -0.4 is 10.0 Å². The standard InChI is InChI=1S/C12H27N3O2S2/c1-4-13-10-12-7-5-6-8-15(12)19(16,17)14-9-11(2)18-3/h11-14H,4-10H2,1-3H3. The van der Waals surface area contributed by atoms with Gasteiger partial charge < -0.3 is 5.32 Å². The van der Waals surface area contributed by atoms with Crippen molar-refractivity contribution < 1.29 is 8.42 Å². The number of nitrogens with zero attached hydrogens (tertiary/aromatic N) is 1. The molecule has 0 aromatic heterocycles. The topological polar surface area (TPSA) is 61.4 Å². The maximum absolute atomic E-state index is 12.4. The van der Waals surface area contributed by atoms with Crippen molar-refractivity contribution in [2.75, 3.05) is 32.4 Å². The van der Waals surface area contributed by atoms with Crippen molar-refractivity contribution in [3.63, 3.8) is 0 Å². The Morgan fingerprint density at radius 3 is 2.79 bits per heavy atom. The van der Waals surface area contributed by atoms with Gasteiger partial charge in [-0.1, -0.05) is 20.3 Å². The van der Waals surface area contributed by atoms with Gasteiger partial charge in [0.1, 0.15) is 0 Å². The summed E-state index contributed by atoms with van der Waals surface area (Å²) in [7, 11) is -3.34. The highest BCUT2D eigenvalue weighted by Crippen LogP contribution is 2.19. The molecule has 114 valence electrons. The first-order chi connectivity index (χ1) is 9.01. The van der Waals surface area contributed by atoms with Crippen LogP contribution in [-0.2, 0) is 10.2 Å². The Kier molecular flexibility index (Phi) is 7.68. The molecule has 0 radical (unpaired) electrons. The van der Waals surface area contributed by atoms with Crippen LogP contribution in [0.5, 0.6) is 0 Å². The minimum absolute atomic E-state index is 0.0933. The van der Waals surface area contributed by atoms with Crippen LogP contribution >= 0.6 is 11.8 Å².